The van der Waals surface area contributed by atoms with Gasteiger partial charge in [0, 0.05) is 37.9 Å². The number of imidazole rings is 1. The lowest BCUT2D eigenvalue weighted by molar-refractivity contribution is 0.624. The zero-order chi connectivity index (χ0) is 23.2. The summed E-state index contributed by atoms with van der Waals surface area (Å²) in [6.07, 6.45) is 0.981. The maximum Gasteiger partial charge on any atom is 0.191 e. The van der Waals surface area contributed by atoms with E-state index in [9.17, 15) is 0 Å². The largest absolute Gasteiger partial charge is 0.356 e. The van der Waals surface area contributed by atoms with Crippen LogP contribution < -0.4 is 10.6 Å². The fourth-order valence-electron chi connectivity index (χ4n) is 4.22. The van der Waals surface area contributed by atoms with Crippen LogP contribution in [0, 0.1) is 20.8 Å². The second-order valence-corrected chi connectivity index (χ2v) is 8.30. The Hall–Kier alpha value is -2.88. The van der Waals surface area contributed by atoms with Gasteiger partial charge in [-0.05, 0) is 44.9 Å². The van der Waals surface area contributed by atoms with Crippen molar-refractivity contribution < 1.29 is 0 Å². The highest BCUT2D eigenvalue weighted by Gasteiger charge is 2.12. The summed E-state index contributed by atoms with van der Waals surface area (Å²) in [6, 6.07) is 18.7. The minimum Gasteiger partial charge on any atom is -0.356 e. The molecule has 0 fully saturated rings. The molecule has 4 aromatic rings. The van der Waals surface area contributed by atoms with Crippen molar-refractivity contribution in [2.24, 2.45) is 4.99 Å². The van der Waals surface area contributed by atoms with Crippen molar-refractivity contribution in [1.29, 1.82) is 0 Å². The SMILES string of the molecule is CN=C(NCCCn1c(C)nc2ccccc21)NCc1c(C)nn(Cc2ccccc2)c1C.I. The van der Waals surface area contributed by atoms with E-state index in [0.29, 0.717) is 6.54 Å². The van der Waals surface area contributed by atoms with Gasteiger partial charge >= 0.3 is 0 Å². The van der Waals surface area contributed by atoms with E-state index in [0.717, 1.165) is 49.0 Å². The van der Waals surface area contributed by atoms with E-state index in [2.05, 4.69) is 93.1 Å². The molecular formula is C26H34IN7. The molecule has 0 atom stereocenters. The molecule has 0 unspecified atom stereocenters. The molecular weight excluding hydrogens is 537 g/mol. The summed E-state index contributed by atoms with van der Waals surface area (Å²) in [5.41, 5.74) is 6.95. The Morgan fingerprint density at radius 3 is 2.47 bits per heavy atom. The number of benzene rings is 2. The maximum atomic E-state index is 4.75. The molecule has 180 valence electrons. The van der Waals surface area contributed by atoms with E-state index < -0.39 is 0 Å². The average Bonchev–Trinajstić information content (AvgIpc) is 3.28. The summed E-state index contributed by atoms with van der Waals surface area (Å²) >= 11 is 0. The third-order valence-corrected chi connectivity index (χ3v) is 6.06. The Balaban J connectivity index is 0.00000324. The Bertz CT molecular complexity index is 1240. The van der Waals surface area contributed by atoms with Crippen LogP contribution in [0.25, 0.3) is 11.0 Å². The van der Waals surface area contributed by atoms with Gasteiger partial charge in [-0.15, -0.1) is 24.0 Å². The number of aliphatic imine (C=N–C) groups is 1. The Labute approximate surface area is 218 Å². The van der Waals surface area contributed by atoms with Gasteiger partial charge in [0.15, 0.2) is 5.96 Å². The lowest BCUT2D eigenvalue weighted by Crippen LogP contribution is -2.37. The fourth-order valence-corrected chi connectivity index (χ4v) is 4.22. The topological polar surface area (TPSA) is 72.1 Å². The summed E-state index contributed by atoms with van der Waals surface area (Å²) in [6.45, 7) is 9.49. The van der Waals surface area contributed by atoms with Crippen LogP contribution in [0.5, 0.6) is 0 Å². The third kappa shape index (κ3) is 5.97. The van der Waals surface area contributed by atoms with E-state index in [-0.39, 0.29) is 24.0 Å². The number of aryl methyl sites for hydroxylation is 3. The standard InChI is InChI=1S/C26H33N7.HI/c1-19-23(20(2)33(31-19)18-22-11-6-5-7-12-22)17-29-26(27-4)28-15-10-16-32-21(3)30-24-13-8-9-14-25(24)32;/h5-9,11-14H,10,15-18H2,1-4H3,(H2,27,28,29);1H. The zero-order valence-corrected chi connectivity index (χ0v) is 22.7. The van der Waals surface area contributed by atoms with Crippen molar-refractivity contribution in [3.63, 3.8) is 0 Å². The third-order valence-electron chi connectivity index (χ3n) is 6.06. The second kappa shape index (κ2) is 12.0. The Morgan fingerprint density at radius 1 is 0.971 bits per heavy atom. The highest BCUT2D eigenvalue weighted by atomic mass is 127. The molecule has 2 N–H and O–H groups in total. The molecule has 2 aromatic carbocycles. The number of halogens is 1. The zero-order valence-electron chi connectivity index (χ0n) is 20.4. The van der Waals surface area contributed by atoms with Gasteiger partial charge in [0.25, 0.3) is 0 Å². The van der Waals surface area contributed by atoms with Crippen LogP contribution in [0.1, 0.15) is 34.8 Å². The van der Waals surface area contributed by atoms with Gasteiger partial charge in [0.2, 0.25) is 0 Å². The van der Waals surface area contributed by atoms with Gasteiger partial charge in [0.05, 0.1) is 23.3 Å². The number of nitrogens with one attached hydrogen (secondary N) is 2. The molecule has 0 saturated carbocycles. The lowest BCUT2D eigenvalue weighted by Gasteiger charge is -2.13. The molecule has 0 aliphatic rings. The van der Waals surface area contributed by atoms with Gasteiger partial charge in [-0.2, -0.15) is 5.10 Å². The second-order valence-electron chi connectivity index (χ2n) is 8.30. The molecule has 0 aliphatic heterocycles. The van der Waals surface area contributed by atoms with E-state index in [1.807, 2.05) is 12.1 Å². The number of para-hydroxylation sites is 2. The van der Waals surface area contributed by atoms with Gasteiger partial charge in [-0.1, -0.05) is 42.5 Å². The average molecular weight is 572 g/mol. The van der Waals surface area contributed by atoms with Gasteiger partial charge in [-0.3, -0.25) is 9.67 Å². The van der Waals surface area contributed by atoms with Crippen LogP contribution in [0.4, 0.5) is 0 Å². The van der Waals surface area contributed by atoms with Gasteiger partial charge < -0.3 is 15.2 Å². The van der Waals surface area contributed by atoms with Crippen LogP contribution in [0.2, 0.25) is 0 Å². The van der Waals surface area contributed by atoms with Crippen LogP contribution in [-0.2, 0) is 19.6 Å². The molecule has 2 heterocycles. The van der Waals surface area contributed by atoms with Crippen molar-refractivity contribution in [2.45, 2.75) is 46.8 Å². The molecule has 34 heavy (non-hydrogen) atoms. The first-order chi connectivity index (χ1) is 16.1. The van der Waals surface area contributed by atoms with Crippen LogP contribution in [-0.4, -0.2) is 38.9 Å². The van der Waals surface area contributed by atoms with E-state index in [1.54, 1.807) is 7.05 Å². The molecule has 0 radical (unpaired) electrons. The maximum absolute atomic E-state index is 4.75. The molecule has 8 heteroatoms. The number of aromatic nitrogens is 4. The first-order valence-electron chi connectivity index (χ1n) is 11.5. The normalized spacial score (nSPS) is 11.5. The summed E-state index contributed by atoms with van der Waals surface area (Å²) in [4.78, 5) is 9.04. The highest BCUT2D eigenvalue weighted by Crippen LogP contribution is 2.16. The minimum atomic E-state index is 0. The Morgan fingerprint density at radius 2 is 1.71 bits per heavy atom. The van der Waals surface area contributed by atoms with Crippen LogP contribution >= 0.6 is 24.0 Å². The van der Waals surface area contributed by atoms with Crippen molar-refractivity contribution >= 4 is 41.0 Å². The summed E-state index contributed by atoms with van der Waals surface area (Å²) in [5.74, 6) is 1.86. The van der Waals surface area contributed by atoms with Crippen LogP contribution in [0.15, 0.2) is 59.6 Å². The molecule has 0 saturated heterocycles. The van der Waals surface area contributed by atoms with Crippen molar-refractivity contribution in [1.82, 2.24) is 30.0 Å². The van der Waals surface area contributed by atoms with Gasteiger partial charge in [0.1, 0.15) is 5.82 Å². The molecule has 7 nitrogen and oxygen atoms in total. The number of nitrogens with zero attached hydrogens (tertiary/aromatic N) is 5. The predicted octanol–water partition coefficient (Wildman–Crippen LogP) is 4.58. The predicted molar refractivity (Wildman–Crippen MR) is 150 cm³/mol. The van der Waals surface area contributed by atoms with Crippen molar-refractivity contribution in [3.8, 4) is 0 Å². The quantitative estimate of drug-likeness (QED) is 0.141. The van der Waals surface area contributed by atoms with Crippen LogP contribution in [0.3, 0.4) is 0 Å². The highest BCUT2D eigenvalue weighted by molar-refractivity contribution is 14.0. The summed E-state index contributed by atoms with van der Waals surface area (Å²) in [5, 5.41) is 11.6. The lowest BCUT2D eigenvalue weighted by atomic mass is 10.2. The molecule has 0 spiro atoms. The monoisotopic (exact) mass is 571 g/mol. The van der Waals surface area contributed by atoms with E-state index in [1.165, 1.54) is 22.3 Å². The van der Waals surface area contributed by atoms with Gasteiger partial charge in [-0.25, -0.2) is 4.98 Å². The number of guanidine groups is 1. The van der Waals surface area contributed by atoms with Crippen molar-refractivity contribution in [2.75, 3.05) is 13.6 Å². The Kier molecular flexibility index (Phi) is 9.09. The minimum absolute atomic E-state index is 0. The molecule has 0 bridgehead atoms. The number of hydrogen-bond donors (Lipinski definition) is 2. The van der Waals surface area contributed by atoms with E-state index >= 15 is 0 Å². The number of rotatable bonds is 8. The molecule has 0 aliphatic carbocycles. The molecule has 4 rings (SSSR count). The number of hydrogen-bond acceptors (Lipinski definition) is 3. The molecule has 0 amide bonds. The number of fused-ring (bicyclic) bond motifs is 1. The first kappa shape index (κ1) is 25.7. The smallest absolute Gasteiger partial charge is 0.191 e. The summed E-state index contributed by atoms with van der Waals surface area (Å²) in [7, 11) is 1.81. The fraction of sp³-hybridized carbons (Fsp3) is 0.346. The van der Waals surface area contributed by atoms with E-state index in [4.69, 9.17) is 5.10 Å². The summed E-state index contributed by atoms with van der Waals surface area (Å²) < 4.78 is 4.36. The first-order valence-corrected chi connectivity index (χ1v) is 11.5. The van der Waals surface area contributed by atoms with Crippen molar-refractivity contribution in [3.05, 3.63) is 82.9 Å². The molecule has 2 aromatic heterocycles.